The predicted octanol–water partition coefficient (Wildman–Crippen LogP) is 0.756. The maximum Gasteiger partial charge on any atom is 0.331 e. The lowest BCUT2D eigenvalue weighted by atomic mass is 10.1. The van der Waals surface area contributed by atoms with Crippen LogP contribution in [0.5, 0.6) is 0 Å². The molecule has 18 heavy (non-hydrogen) atoms. The van der Waals surface area contributed by atoms with Gasteiger partial charge in [0.05, 0.1) is 6.20 Å². The number of carboxylic acid groups (broad SMARTS) is 1. The molecule has 0 radical (unpaired) electrons. The first-order valence-electron chi connectivity index (χ1n) is 5.34. The van der Waals surface area contributed by atoms with Crippen LogP contribution in [0.15, 0.2) is 24.7 Å². The van der Waals surface area contributed by atoms with Crippen molar-refractivity contribution in [2.45, 2.75) is 13.0 Å². The Morgan fingerprint density at radius 2 is 2.33 bits per heavy atom. The number of nitrogens with zero attached hydrogens (tertiary/aromatic N) is 4. The van der Waals surface area contributed by atoms with Crippen LogP contribution < -0.4 is 5.32 Å². The van der Waals surface area contributed by atoms with Crippen molar-refractivity contribution in [2.75, 3.05) is 5.32 Å². The fraction of sp³-hybridized carbons (Fsp3) is 0.273. The molecule has 94 valence electrons. The largest absolute Gasteiger partial charge is 0.479 e. The summed E-state index contributed by atoms with van der Waals surface area (Å²) in [4.78, 5) is 19.3. The number of nitrogens with one attached hydrogen (secondary N) is 1. The van der Waals surface area contributed by atoms with Gasteiger partial charge in [0.15, 0.2) is 6.04 Å². The molecule has 0 aliphatic heterocycles. The molecule has 0 aliphatic carbocycles. The van der Waals surface area contributed by atoms with Gasteiger partial charge in [0, 0.05) is 30.7 Å². The van der Waals surface area contributed by atoms with Crippen LogP contribution in [0.3, 0.4) is 0 Å². The topological polar surface area (TPSA) is 92.9 Å². The van der Waals surface area contributed by atoms with Crippen LogP contribution in [-0.4, -0.2) is 30.8 Å². The zero-order valence-electron chi connectivity index (χ0n) is 10.0. The highest BCUT2D eigenvalue weighted by Crippen LogP contribution is 2.16. The summed E-state index contributed by atoms with van der Waals surface area (Å²) in [5, 5.41) is 15.9. The zero-order chi connectivity index (χ0) is 13.1. The van der Waals surface area contributed by atoms with Gasteiger partial charge in [-0.1, -0.05) is 0 Å². The van der Waals surface area contributed by atoms with Crippen molar-refractivity contribution >= 4 is 11.9 Å². The van der Waals surface area contributed by atoms with Gasteiger partial charge in [-0.05, 0) is 13.0 Å². The highest BCUT2D eigenvalue weighted by Gasteiger charge is 2.22. The van der Waals surface area contributed by atoms with Crippen molar-refractivity contribution < 1.29 is 9.90 Å². The summed E-state index contributed by atoms with van der Waals surface area (Å²) in [5.74, 6) is -0.723. The molecule has 2 heterocycles. The van der Waals surface area contributed by atoms with E-state index in [1.54, 1.807) is 30.2 Å². The quantitative estimate of drug-likeness (QED) is 0.828. The highest BCUT2D eigenvalue weighted by atomic mass is 16.4. The Kier molecular flexibility index (Phi) is 3.22. The SMILES string of the molecule is Cc1ccnc(NC(C(=O)O)c2cnn(C)c2)n1. The van der Waals surface area contributed by atoms with Gasteiger partial charge in [0.2, 0.25) is 5.95 Å². The Hall–Kier alpha value is -2.44. The number of aliphatic carboxylic acids is 1. The van der Waals surface area contributed by atoms with Gasteiger partial charge in [-0.15, -0.1) is 0 Å². The molecule has 2 aromatic rings. The maximum absolute atomic E-state index is 11.2. The van der Waals surface area contributed by atoms with Crippen LogP contribution in [-0.2, 0) is 11.8 Å². The molecule has 0 fully saturated rings. The molecular formula is C11H13N5O2. The number of rotatable bonds is 4. The summed E-state index contributed by atoms with van der Waals surface area (Å²) < 4.78 is 1.55. The number of hydrogen-bond donors (Lipinski definition) is 2. The first kappa shape index (κ1) is 12.0. The van der Waals surface area contributed by atoms with Gasteiger partial charge >= 0.3 is 5.97 Å². The van der Waals surface area contributed by atoms with E-state index >= 15 is 0 Å². The Morgan fingerprint density at radius 1 is 1.56 bits per heavy atom. The van der Waals surface area contributed by atoms with Crippen molar-refractivity contribution in [3.05, 3.63) is 35.9 Å². The summed E-state index contributed by atoms with van der Waals surface area (Å²) in [6.45, 7) is 1.81. The van der Waals surface area contributed by atoms with E-state index in [9.17, 15) is 9.90 Å². The van der Waals surface area contributed by atoms with Crippen molar-refractivity contribution in [2.24, 2.45) is 7.05 Å². The Balaban J connectivity index is 2.24. The van der Waals surface area contributed by atoms with Gasteiger partial charge < -0.3 is 10.4 Å². The van der Waals surface area contributed by atoms with E-state index < -0.39 is 12.0 Å². The van der Waals surface area contributed by atoms with E-state index in [2.05, 4.69) is 20.4 Å². The average molecular weight is 247 g/mol. The fourth-order valence-corrected chi connectivity index (χ4v) is 1.52. The van der Waals surface area contributed by atoms with Crippen LogP contribution in [0.2, 0.25) is 0 Å². The Bertz CT molecular complexity index is 566. The smallest absolute Gasteiger partial charge is 0.331 e. The Morgan fingerprint density at radius 3 is 2.89 bits per heavy atom. The lowest BCUT2D eigenvalue weighted by Crippen LogP contribution is -2.21. The minimum atomic E-state index is -1.01. The minimum Gasteiger partial charge on any atom is -0.479 e. The molecule has 0 amide bonds. The molecule has 0 aromatic carbocycles. The number of aromatic nitrogens is 4. The molecule has 7 nitrogen and oxygen atoms in total. The molecule has 0 aliphatic rings. The van der Waals surface area contributed by atoms with Gasteiger partial charge in [-0.3, -0.25) is 4.68 Å². The fourth-order valence-electron chi connectivity index (χ4n) is 1.52. The average Bonchev–Trinajstić information content (AvgIpc) is 2.72. The van der Waals surface area contributed by atoms with Gasteiger partial charge in [-0.25, -0.2) is 14.8 Å². The van der Waals surface area contributed by atoms with E-state index in [4.69, 9.17) is 0 Å². The molecular weight excluding hydrogens is 234 g/mol. The highest BCUT2D eigenvalue weighted by molar-refractivity contribution is 5.78. The summed E-state index contributed by atoms with van der Waals surface area (Å²) >= 11 is 0. The number of anilines is 1. The van der Waals surface area contributed by atoms with Crippen LogP contribution in [0.1, 0.15) is 17.3 Å². The van der Waals surface area contributed by atoms with Crippen molar-refractivity contribution in [3.8, 4) is 0 Å². The lowest BCUT2D eigenvalue weighted by Gasteiger charge is -2.12. The van der Waals surface area contributed by atoms with Crippen LogP contribution in [0.25, 0.3) is 0 Å². The second-order valence-electron chi connectivity index (χ2n) is 3.88. The van der Waals surface area contributed by atoms with Crippen LogP contribution in [0, 0.1) is 6.92 Å². The summed E-state index contributed by atoms with van der Waals surface area (Å²) in [6.07, 6.45) is 4.72. The molecule has 2 rings (SSSR count). The summed E-state index contributed by atoms with van der Waals surface area (Å²) in [7, 11) is 1.73. The molecule has 0 saturated heterocycles. The Labute approximate surface area is 104 Å². The second-order valence-corrected chi connectivity index (χ2v) is 3.88. The van der Waals surface area contributed by atoms with E-state index in [-0.39, 0.29) is 5.95 Å². The molecule has 7 heteroatoms. The second kappa shape index (κ2) is 4.82. The normalized spacial score (nSPS) is 12.1. The van der Waals surface area contributed by atoms with E-state index in [1.165, 1.54) is 6.20 Å². The van der Waals surface area contributed by atoms with Crippen LogP contribution >= 0.6 is 0 Å². The molecule has 1 atom stereocenters. The van der Waals surface area contributed by atoms with Crippen molar-refractivity contribution in [1.29, 1.82) is 0 Å². The number of carbonyl (C=O) groups is 1. The van der Waals surface area contributed by atoms with Crippen molar-refractivity contribution in [1.82, 2.24) is 19.7 Å². The molecule has 2 aromatic heterocycles. The maximum atomic E-state index is 11.2. The third-order valence-electron chi connectivity index (χ3n) is 2.37. The van der Waals surface area contributed by atoms with Crippen molar-refractivity contribution in [3.63, 3.8) is 0 Å². The summed E-state index contributed by atoms with van der Waals surface area (Å²) in [6, 6.07) is 0.825. The molecule has 0 spiro atoms. The first-order chi connectivity index (χ1) is 8.56. The first-order valence-corrected chi connectivity index (χ1v) is 5.34. The number of carboxylic acids is 1. The molecule has 1 unspecified atom stereocenters. The van der Waals surface area contributed by atoms with E-state index in [1.807, 2.05) is 6.92 Å². The molecule has 2 N–H and O–H groups in total. The molecule has 0 bridgehead atoms. The van der Waals surface area contributed by atoms with Gasteiger partial charge in [0.25, 0.3) is 0 Å². The number of hydrogen-bond acceptors (Lipinski definition) is 5. The lowest BCUT2D eigenvalue weighted by molar-refractivity contribution is -0.138. The van der Waals surface area contributed by atoms with E-state index in [0.29, 0.717) is 5.56 Å². The van der Waals surface area contributed by atoms with E-state index in [0.717, 1.165) is 5.69 Å². The predicted molar refractivity (Wildman–Crippen MR) is 64.0 cm³/mol. The van der Waals surface area contributed by atoms with Gasteiger partial charge in [0.1, 0.15) is 0 Å². The minimum absolute atomic E-state index is 0.284. The third kappa shape index (κ3) is 2.62. The third-order valence-corrected chi connectivity index (χ3v) is 2.37. The standard InChI is InChI=1S/C11H13N5O2/c1-7-3-4-12-11(14-7)15-9(10(17)18)8-5-13-16(2)6-8/h3-6,9H,1-2H3,(H,17,18)(H,12,14,15). The van der Waals surface area contributed by atoms with Gasteiger partial charge in [-0.2, -0.15) is 5.10 Å². The monoisotopic (exact) mass is 247 g/mol. The van der Waals surface area contributed by atoms with Crippen LogP contribution in [0.4, 0.5) is 5.95 Å². The number of aryl methyl sites for hydroxylation is 2. The molecule has 0 saturated carbocycles. The summed E-state index contributed by atoms with van der Waals surface area (Å²) in [5.41, 5.74) is 1.32. The zero-order valence-corrected chi connectivity index (χ0v) is 10.0.